The van der Waals surface area contributed by atoms with Gasteiger partial charge in [0.05, 0.1) is 24.2 Å². The number of aromatic carboxylic acids is 1. The van der Waals surface area contributed by atoms with Crippen molar-refractivity contribution in [3.8, 4) is 5.75 Å². The van der Waals surface area contributed by atoms with Gasteiger partial charge in [-0.1, -0.05) is 18.2 Å². The number of carbonyl (C=O) groups excluding carboxylic acids is 1. The van der Waals surface area contributed by atoms with Crippen LogP contribution in [0.3, 0.4) is 0 Å². The number of anilines is 1. The molecule has 0 bridgehead atoms. The van der Waals surface area contributed by atoms with Crippen LogP contribution in [0.5, 0.6) is 5.75 Å². The van der Waals surface area contributed by atoms with E-state index in [9.17, 15) is 9.59 Å². The molecule has 0 aromatic heterocycles. The molecule has 2 aromatic rings. The average molecular weight is 325 g/mol. The van der Waals surface area contributed by atoms with Crippen molar-refractivity contribution < 1.29 is 19.4 Å². The Morgan fingerprint density at radius 1 is 1.21 bits per heavy atom. The maximum absolute atomic E-state index is 12.7. The molecular weight excluding hydrogens is 306 g/mol. The molecular formula is C19H19NO4. The molecule has 5 nitrogen and oxygen atoms in total. The van der Waals surface area contributed by atoms with Gasteiger partial charge in [-0.3, -0.25) is 4.79 Å². The fourth-order valence-corrected chi connectivity index (χ4v) is 2.82. The minimum Gasteiger partial charge on any atom is -0.487 e. The Morgan fingerprint density at radius 3 is 2.58 bits per heavy atom. The van der Waals surface area contributed by atoms with Crippen molar-refractivity contribution in [2.75, 3.05) is 11.4 Å². The van der Waals surface area contributed by atoms with E-state index in [4.69, 9.17) is 9.84 Å². The summed E-state index contributed by atoms with van der Waals surface area (Å²) in [6.07, 6.45) is 0.151. The highest BCUT2D eigenvalue weighted by Crippen LogP contribution is 2.34. The zero-order chi connectivity index (χ0) is 17.3. The molecule has 0 fully saturated rings. The number of nitrogens with zero attached hydrogens (tertiary/aromatic N) is 1. The summed E-state index contributed by atoms with van der Waals surface area (Å²) in [6, 6.07) is 12.2. The van der Waals surface area contributed by atoms with Crippen molar-refractivity contribution in [3.05, 3.63) is 59.2 Å². The summed E-state index contributed by atoms with van der Waals surface area (Å²) in [4.78, 5) is 25.4. The van der Waals surface area contributed by atoms with E-state index in [1.54, 1.807) is 17.0 Å². The Labute approximate surface area is 140 Å². The van der Waals surface area contributed by atoms with Gasteiger partial charge >= 0.3 is 5.97 Å². The van der Waals surface area contributed by atoms with Gasteiger partial charge < -0.3 is 14.7 Å². The third-order valence-electron chi connectivity index (χ3n) is 4.03. The number of fused-ring (bicyclic) bond motifs is 1. The summed E-state index contributed by atoms with van der Waals surface area (Å²) >= 11 is 0. The minimum absolute atomic E-state index is 0.0293. The maximum Gasteiger partial charge on any atom is 0.335 e. The second-order valence-electron chi connectivity index (χ2n) is 6.08. The molecule has 1 aliphatic rings. The van der Waals surface area contributed by atoms with Crippen LogP contribution < -0.4 is 9.64 Å². The van der Waals surface area contributed by atoms with Crippen LogP contribution in [-0.2, 0) is 11.2 Å². The number of rotatable bonds is 3. The van der Waals surface area contributed by atoms with E-state index in [1.807, 2.05) is 32.0 Å². The Morgan fingerprint density at radius 2 is 1.92 bits per heavy atom. The molecule has 1 heterocycles. The van der Waals surface area contributed by atoms with E-state index < -0.39 is 5.97 Å². The van der Waals surface area contributed by atoms with Crippen molar-refractivity contribution in [1.29, 1.82) is 0 Å². The standard InChI is InChI=1S/C19H19NO4/c1-12-3-8-16-17(9-12)24-13(2)11-20(16)18(21)10-14-4-6-15(7-5-14)19(22)23/h3-9,13H,10-11H2,1-2H3,(H,22,23). The molecule has 0 saturated carbocycles. The number of benzene rings is 2. The number of hydrogen-bond acceptors (Lipinski definition) is 3. The lowest BCUT2D eigenvalue weighted by Gasteiger charge is -2.33. The number of aryl methyl sites for hydroxylation is 1. The maximum atomic E-state index is 12.7. The Bertz CT molecular complexity index is 782. The molecule has 1 unspecified atom stereocenters. The van der Waals surface area contributed by atoms with Crippen molar-refractivity contribution in [1.82, 2.24) is 0 Å². The van der Waals surface area contributed by atoms with E-state index in [-0.39, 0.29) is 24.0 Å². The topological polar surface area (TPSA) is 66.8 Å². The van der Waals surface area contributed by atoms with Crippen molar-refractivity contribution >= 4 is 17.6 Å². The van der Waals surface area contributed by atoms with E-state index in [0.717, 1.165) is 22.6 Å². The van der Waals surface area contributed by atoms with E-state index in [0.29, 0.717) is 6.54 Å². The first-order chi connectivity index (χ1) is 11.4. The summed E-state index contributed by atoms with van der Waals surface area (Å²) < 4.78 is 5.83. The van der Waals surface area contributed by atoms with Gasteiger partial charge in [0.25, 0.3) is 0 Å². The third-order valence-corrected chi connectivity index (χ3v) is 4.03. The molecule has 0 aliphatic carbocycles. The third kappa shape index (κ3) is 3.25. The summed E-state index contributed by atoms with van der Waals surface area (Å²) in [5.74, 6) is -0.277. The minimum atomic E-state index is -0.973. The van der Waals surface area contributed by atoms with E-state index >= 15 is 0 Å². The Balaban J connectivity index is 1.81. The largest absolute Gasteiger partial charge is 0.487 e. The van der Waals surface area contributed by atoms with Crippen molar-refractivity contribution in [3.63, 3.8) is 0 Å². The first-order valence-electron chi connectivity index (χ1n) is 7.84. The lowest BCUT2D eigenvalue weighted by molar-refractivity contribution is -0.118. The van der Waals surface area contributed by atoms with Crippen LogP contribution in [-0.4, -0.2) is 29.6 Å². The first-order valence-corrected chi connectivity index (χ1v) is 7.84. The van der Waals surface area contributed by atoms with E-state index in [1.165, 1.54) is 12.1 Å². The highest BCUT2D eigenvalue weighted by molar-refractivity contribution is 5.97. The van der Waals surface area contributed by atoms with Crippen LogP contribution >= 0.6 is 0 Å². The van der Waals surface area contributed by atoms with Crippen LogP contribution in [0.15, 0.2) is 42.5 Å². The van der Waals surface area contributed by atoms with Gasteiger partial charge in [-0.15, -0.1) is 0 Å². The average Bonchev–Trinajstić information content (AvgIpc) is 2.54. The van der Waals surface area contributed by atoms with Crippen LogP contribution in [0.4, 0.5) is 5.69 Å². The highest BCUT2D eigenvalue weighted by Gasteiger charge is 2.27. The lowest BCUT2D eigenvalue weighted by Crippen LogP contribution is -2.43. The number of carboxylic acid groups (broad SMARTS) is 1. The number of carbonyl (C=O) groups is 2. The molecule has 0 radical (unpaired) electrons. The molecule has 24 heavy (non-hydrogen) atoms. The Hall–Kier alpha value is -2.82. The highest BCUT2D eigenvalue weighted by atomic mass is 16.5. The Kier molecular flexibility index (Phi) is 4.25. The zero-order valence-corrected chi connectivity index (χ0v) is 13.7. The molecule has 1 aliphatic heterocycles. The summed E-state index contributed by atoms with van der Waals surface area (Å²) in [5.41, 5.74) is 2.87. The number of carboxylic acids is 1. The first kappa shape index (κ1) is 16.1. The summed E-state index contributed by atoms with van der Waals surface area (Å²) in [7, 11) is 0. The summed E-state index contributed by atoms with van der Waals surface area (Å²) in [5, 5.41) is 8.93. The predicted molar refractivity (Wildman–Crippen MR) is 90.7 cm³/mol. The van der Waals surface area contributed by atoms with Crippen LogP contribution in [0, 0.1) is 6.92 Å². The molecule has 0 spiro atoms. The molecule has 124 valence electrons. The monoisotopic (exact) mass is 325 g/mol. The quantitative estimate of drug-likeness (QED) is 0.942. The molecule has 1 amide bonds. The van der Waals surface area contributed by atoms with Crippen molar-refractivity contribution in [2.24, 2.45) is 0 Å². The van der Waals surface area contributed by atoms with Crippen molar-refractivity contribution in [2.45, 2.75) is 26.4 Å². The second-order valence-corrected chi connectivity index (χ2v) is 6.08. The SMILES string of the molecule is Cc1ccc2c(c1)OC(C)CN2C(=O)Cc1ccc(C(=O)O)cc1. The molecule has 2 aromatic carbocycles. The fraction of sp³-hybridized carbons (Fsp3) is 0.263. The number of hydrogen-bond donors (Lipinski definition) is 1. The number of ether oxygens (including phenoxy) is 1. The smallest absolute Gasteiger partial charge is 0.335 e. The van der Waals surface area contributed by atoms with Crippen LogP contribution in [0.25, 0.3) is 0 Å². The van der Waals surface area contributed by atoms with Crippen LogP contribution in [0.2, 0.25) is 0 Å². The summed E-state index contributed by atoms with van der Waals surface area (Å²) in [6.45, 7) is 4.42. The van der Waals surface area contributed by atoms with Gasteiger partial charge in [0.15, 0.2) is 0 Å². The second kappa shape index (κ2) is 6.35. The fourth-order valence-electron chi connectivity index (χ4n) is 2.82. The predicted octanol–water partition coefficient (Wildman–Crippen LogP) is 3.05. The van der Waals surface area contributed by atoms with Crippen LogP contribution in [0.1, 0.15) is 28.4 Å². The molecule has 3 rings (SSSR count). The lowest BCUT2D eigenvalue weighted by atomic mass is 10.1. The molecule has 5 heteroatoms. The van der Waals surface area contributed by atoms with Gasteiger partial charge in [-0.25, -0.2) is 4.79 Å². The molecule has 1 atom stereocenters. The molecule has 0 saturated heterocycles. The van der Waals surface area contributed by atoms with Gasteiger partial charge in [0, 0.05) is 0 Å². The number of amides is 1. The molecule has 1 N–H and O–H groups in total. The normalized spacial score (nSPS) is 16.2. The van der Waals surface area contributed by atoms with Gasteiger partial charge in [-0.2, -0.15) is 0 Å². The van der Waals surface area contributed by atoms with Gasteiger partial charge in [-0.05, 0) is 49.2 Å². The van der Waals surface area contributed by atoms with Gasteiger partial charge in [0.1, 0.15) is 11.9 Å². The van der Waals surface area contributed by atoms with E-state index in [2.05, 4.69) is 0 Å². The zero-order valence-electron chi connectivity index (χ0n) is 13.7. The van der Waals surface area contributed by atoms with Gasteiger partial charge in [0.2, 0.25) is 5.91 Å².